The number of benzene rings is 1. The van der Waals surface area contributed by atoms with E-state index in [0.717, 1.165) is 17.9 Å². The second kappa shape index (κ2) is 11.8. The van der Waals surface area contributed by atoms with Gasteiger partial charge in [-0.05, 0) is 29.8 Å². The van der Waals surface area contributed by atoms with Gasteiger partial charge in [0.25, 0.3) is 0 Å². The quantitative estimate of drug-likeness (QED) is 0.333. The van der Waals surface area contributed by atoms with Crippen molar-refractivity contribution in [1.82, 2.24) is 15.1 Å². The molecule has 1 N–H and O–H groups in total. The molecule has 6 nitrogen and oxygen atoms in total. The number of nitrogens with one attached hydrogen (secondary N) is 1. The van der Waals surface area contributed by atoms with Crippen LogP contribution < -0.4 is 5.32 Å². The summed E-state index contributed by atoms with van der Waals surface area (Å²) in [4.78, 5) is 19.4. The van der Waals surface area contributed by atoms with Crippen LogP contribution in [0.4, 0.5) is 13.2 Å². The highest BCUT2D eigenvalue weighted by Gasteiger charge is 2.29. The van der Waals surface area contributed by atoms with Gasteiger partial charge < -0.3 is 19.5 Å². The van der Waals surface area contributed by atoms with Gasteiger partial charge in [0.15, 0.2) is 5.96 Å². The lowest BCUT2D eigenvalue weighted by Crippen LogP contribution is -2.40. The maximum absolute atomic E-state index is 12.7. The van der Waals surface area contributed by atoms with E-state index in [2.05, 4.69) is 10.3 Å². The van der Waals surface area contributed by atoms with Crippen molar-refractivity contribution in [2.24, 2.45) is 4.99 Å². The van der Waals surface area contributed by atoms with E-state index in [1.54, 1.807) is 38.4 Å². The third-order valence-corrected chi connectivity index (χ3v) is 4.16. The first-order valence-electron chi connectivity index (χ1n) is 9.05. The molecule has 0 fully saturated rings. The predicted molar refractivity (Wildman–Crippen MR) is 120 cm³/mol. The van der Waals surface area contributed by atoms with Crippen molar-refractivity contribution in [3.63, 3.8) is 0 Å². The summed E-state index contributed by atoms with van der Waals surface area (Å²) in [7, 11) is 5.05. The second-order valence-corrected chi connectivity index (χ2v) is 6.73. The number of likely N-dealkylation sites (N-methyl/N-ethyl adjacent to an activating group) is 1. The maximum Gasteiger partial charge on any atom is 0.416 e. The zero-order chi connectivity index (χ0) is 21.4. The van der Waals surface area contributed by atoms with E-state index < -0.39 is 11.7 Å². The average Bonchev–Trinajstić information content (AvgIpc) is 3.17. The SMILES string of the molecule is CN(C)C(=O)CN=C(NCCc1ccco1)N(C)Cc1ccc(C(F)(F)F)cc1.I. The van der Waals surface area contributed by atoms with Crippen LogP contribution in [-0.2, 0) is 23.9 Å². The number of halogens is 4. The first kappa shape index (κ1) is 25.8. The molecule has 30 heavy (non-hydrogen) atoms. The van der Waals surface area contributed by atoms with E-state index in [4.69, 9.17) is 4.42 Å². The first-order valence-corrected chi connectivity index (χ1v) is 9.05. The fourth-order valence-electron chi connectivity index (χ4n) is 2.50. The molecule has 0 radical (unpaired) electrons. The van der Waals surface area contributed by atoms with Crippen molar-refractivity contribution < 1.29 is 22.4 Å². The van der Waals surface area contributed by atoms with E-state index in [9.17, 15) is 18.0 Å². The van der Waals surface area contributed by atoms with Gasteiger partial charge >= 0.3 is 6.18 Å². The molecule has 166 valence electrons. The Kier molecular flexibility index (Phi) is 10.2. The van der Waals surface area contributed by atoms with Crippen LogP contribution in [0, 0.1) is 0 Å². The number of alkyl halides is 3. The molecule has 0 atom stereocenters. The standard InChI is InChI=1S/C20H25F3N4O2.HI/c1-26(2)18(28)13-25-19(24-11-10-17-5-4-12-29-17)27(3)14-15-6-8-16(9-7-15)20(21,22)23;/h4-9,12H,10-11,13-14H2,1-3H3,(H,24,25);1H. The number of carbonyl (C=O) groups excluding carboxylic acids is 1. The fraction of sp³-hybridized carbons (Fsp3) is 0.400. The van der Waals surface area contributed by atoms with Gasteiger partial charge in [-0.3, -0.25) is 4.79 Å². The molecule has 0 saturated heterocycles. The second-order valence-electron chi connectivity index (χ2n) is 6.73. The summed E-state index contributed by atoms with van der Waals surface area (Å²) in [6.45, 7) is 0.828. The van der Waals surface area contributed by atoms with Gasteiger partial charge in [-0.1, -0.05) is 12.1 Å². The number of nitrogens with zero attached hydrogens (tertiary/aromatic N) is 3. The van der Waals surface area contributed by atoms with Crippen molar-refractivity contribution in [3.8, 4) is 0 Å². The predicted octanol–water partition coefficient (Wildman–Crippen LogP) is 3.62. The van der Waals surface area contributed by atoms with E-state index in [1.165, 1.54) is 17.0 Å². The van der Waals surface area contributed by atoms with E-state index in [-0.39, 0.29) is 36.4 Å². The zero-order valence-electron chi connectivity index (χ0n) is 17.1. The van der Waals surface area contributed by atoms with Crippen LogP contribution in [-0.4, -0.2) is 55.9 Å². The highest BCUT2D eigenvalue weighted by atomic mass is 127. The van der Waals surface area contributed by atoms with Crippen LogP contribution in [0.25, 0.3) is 0 Å². The first-order chi connectivity index (χ1) is 13.7. The molecule has 2 rings (SSSR count). The molecule has 10 heteroatoms. The van der Waals surface area contributed by atoms with Gasteiger partial charge in [-0.25, -0.2) is 4.99 Å². The summed E-state index contributed by atoms with van der Waals surface area (Å²) in [6, 6.07) is 8.64. The van der Waals surface area contributed by atoms with Crippen LogP contribution in [0.5, 0.6) is 0 Å². The highest BCUT2D eigenvalue weighted by Crippen LogP contribution is 2.29. The number of amides is 1. The molecule has 0 aliphatic carbocycles. The minimum atomic E-state index is -4.36. The summed E-state index contributed by atoms with van der Waals surface area (Å²) in [6.07, 6.45) is -2.14. The Morgan fingerprint density at radius 3 is 2.33 bits per heavy atom. The molecule has 1 heterocycles. The van der Waals surface area contributed by atoms with Gasteiger partial charge in [0.2, 0.25) is 5.91 Å². The number of carbonyl (C=O) groups is 1. The van der Waals surface area contributed by atoms with Crippen LogP contribution in [0.3, 0.4) is 0 Å². The fourth-order valence-corrected chi connectivity index (χ4v) is 2.50. The third-order valence-electron chi connectivity index (χ3n) is 4.16. The molecule has 0 spiro atoms. The molecule has 0 bridgehead atoms. The minimum absolute atomic E-state index is 0. The van der Waals surface area contributed by atoms with Gasteiger partial charge in [-0.15, -0.1) is 24.0 Å². The van der Waals surface area contributed by atoms with Gasteiger partial charge in [0.05, 0.1) is 11.8 Å². The van der Waals surface area contributed by atoms with Crippen molar-refractivity contribution in [2.75, 3.05) is 34.2 Å². The Morgan fingerprint density at radius 1 is 1.13 bits per heavy atom. The van der Waals surface area contributed by atoms with Crippen LogP contribution in [0.15, 0.2) is 52.1 Å². The molecule has 1 aromatic carbocycles. The van der Waals surface area contributed by atoms with Crippen molar-refractivity contribution >= 4 is 35.8 Å². The van der Waals surface area contributed by atoms with Crippen molar-refractivity contribution in [2.45, 2.75) is 19.1 Å². The van der Waals surface area contributed by atoms with Crippen LogP contribution >= 0.6 is 24.0 Å². The Balaban J connectivity index is 0.00000450. The van der Waals surface area contributed by atoms with Gasteiger partial charge in [-0.2, -0.15) is 13.2 Å². The molecular formula is C20H26F3IN4O2. The highest BCUT2D eigenvalue weighted by molar-refractivity contribution is 14.0. The van der Waals surface area contributed by atoms with Crippen molar-refractivity contribution in [1.29, 1.82) is 0 Å². The molecule has 0 unspecified atom stereocenters. The average molecular weight is 538 g/mol. The van der Waals surface area contributed by atoms with Crippen LogP contribution in [0.2, 0.25) is 0 Å². The topological polar surface area (TPSA) is 61.1 Å². The summed E-state index contributed by atoms with van der Waals surface area (Å²) in [5, 5.41) is 3.17. The molecule has 1 aromatic heterocycles. The Labute approximate surface area is 191 Å². The monoisotopic (exact) mass is 538 g/mol. The molecule has 2 aromatic rings. The Hall–Kier alpha value is -2.24. The van der Waals surface area contributed by atoms with E-state index in [0.29, 0.717) is 31.0 Å². The number of furan rings is 1. The summed E-state index contributed by atoms with van der Waals surface area (Å²) in [5.74, 6) is 1.14. The number of guanidine groups is 1. The Bertz CT molecular complexity index is 806. The summed E-state index contributed by atoms with van der Waals surface area (Å²) >= 11 is 0. The lowest BCUT2D eigenvalue weighted by atomic mass is 10.1. The molecule has 1 amide bonds. The number of rotatable bonds is 7. The third kappa shape index (κ3) is 8.25. The minimum Gasteiger partial charge on any atom is -0.469 e. The lowest BCUT2D eigenvalue weighted by Gasteiger charge is -2.23. The van der Waals surface area contributed by atoms with Crippen LogP contribution in [0.1, 0.15) is 16.9 Å². The molecular weight excluding hydrogens is 512 g/mol. The molecule has 0 saturated carbocycles. The lowest BCUT2D eigenvalue weighted by molar-refractivity contribution is -0.137. The maximum atomic E-state index is 12.7. The van der Waals surface area contributed by atoms with E-state index >= 15 is 0 Å². The summed E-state index contributed by atoms with van der Waals surface area (Å²) in [5.41, 5.74) is 0.00548. The normalized spacial score (nSPS) is 11.6. The van der Waals surface area contributed by atoms with E-state index in [1.807, 2.05) is 6.07 Å². The summed E-state index contributed by atoms with van der Waals surface area (Å²) < 4.78 is 43.5. The molecule has 0 aliphatic heterocycles. The molecule has 0 aliphatic rings. The van der Waals surface area contributed by atoms with Crippen molar-refractivity contribution in [3.05, 3.63) is 59.5 Å². The Morgan fingerprint density at radius 2 is 1.80 bits per heavy atom. The number of hydrogen-bond acceptors (Lipinski definition) is 3. The number of hydrogen-bond donors (Lipinski definition) is 1. The smallest absolute Gasteiger partial charge is 0.416 e. The van der Waals surface area contributed by atoms with Gasteiger partial charge in [0, 0.05) is 40.7 Å². The largest absolute Gasteiger partial charge is 0.469 e. The number of aliphatic imine (C=N–C) groups is 1. The van der Waals surface area contributed by atoms with Gasteiger partial charge in [0.1, 0.15) is 12.3 Å². The zero-order valence-corrected chi connectivity index (χ0v) is 19.4.